The van der Waals surface area contributed by atoms with E-state index >= 15 is 0 Å². The van der Waals surface area contributed by atoms with Crippen LogP contribution in [0.2, 0.25) is 0 Å². The van der Waals surface area contributed by atoms with Gasteiger partial charge in [-0.1, -0.05) is 55.5 Å². The standard InChI is InChI=1S/C26H31N3OS/c1-3-23-11-7-8-12-25(23)29(20(2)30)26-27-24(19-31-26)18-28-15-13-22(14-16-28)17-21-9-5-4-6-10-21/h4-12,19,22H,3,13-18H2,1-2H3. The van der Waals surface area contributed by atoms with Crippen LogP contribution in [0, 0.1) is 5.92 Å². The molecule has 2 heterocycles. The molecular weight excluding hydrogens is 402 g/mol. The summed E-state index contributed by atoms with van der Waals surface area (Å²) in [6.45, 7) is 6.81. The number of anilines is 2. The van der Waals surface area contributed by atoms with E-state index in [0.717, 1.165) is 54.0 Å². The number of amides is 1. The van der Waals surface area contributed by atoms with Gasteiger partial charge in [-0.05, 0) is 61.9 Å². The first-order valence-corrected chi connectivity index (χ1v) is 12.1. The molecule has 0 spiro atoms. The largest absolute Gasteiger partial charge is 0.297 e. The van der Waals surface area contributed by atoms with E-state index in [9.17, 15) is 4.79 Å². The molecule has 1 aliphatic rings. The van der Waals surface area contributed by atoms with Gasteiger partial charge in [0.25, 0.3) is 0 Å². The van der Waals surface area contributed by atoms with Gasteiger partial charge in [0.1, 0.15) is 0 Å². The van der Waals surface area contributed by atoms with E-state index < -0.39 is 0 Å². The van der Waals surface area contributed by atoms with Crippen LogP contribution in [0.15, 0.2) is 60.0 Å². The molecule has 2 aromatic carbocycles. The highest BCUT2D eigenvalue weighted by atomic mass is 32.1. The van der Waals surface area contributed by atoms with Gasteiger partial charge in [0, 0.05) is 18.8 Å². The lowest BCUT2D eigenvalue weighted by atomic mass is 9.90. The van der Waals surface area contributed by atoms with E-state index in [1.54, 1.807) is 23.2 Å². The molecule has 5 heteroatoms. The van der Waals surface area contributed by atoms with Gasteiger partial charge in [-0.15, -0.1) is 11.3 Å². The molecule has 0 unspecified atom stereocenters. The molecule has 0 atom stereocenters. The van der Waals surface area contributed by atoms with E-state index in [2.05, 4.69) is 53.6 Å². The second-order valence-corrected chi connectivity index (χ2v) is 9.20. The monoisotopic (exact) mass is 433 g/mol. The number of thiazole rings is 1. The number of hydrogen-bond acceptors (Lipinski definition) is 4. The van der Waals surface area contributed by atoms with Gasteiger partial charge in [-0.25, -0.2) is 4.98 Å². The molecule has 31 heavy (non-hydrogen) atoms. The van der Waals surface area contributed by atoms with E-state index in [-0.39, 0.29) is 5.91 Å². The van der Waals surface area contributed by atoms with Crippen LogP contribution in [0.25, 0.3) is 0 Å². The minimum absolute atomic E-state index is 0.00327. The molecule has 4 rings (SSSR count). The van der Waals surface area contributed by atoms with Crippen molar-refractivity contribution in [2.75, 3.05) is 18.0 Å². The van der Waals surface area contributed by atoms with Gasteiger partial charge in [0.2, 0.25) is 5.91 Å². The van der Waals surface area contributed by atoms with Crippen molar-refractivity contribution in [1.82, 2.24) is 9.88 Å². The van der Waals surface area contributed by atoms with Crippen LogP contribution in [0.4, 0.5) is 10.8 Å². The van der Waals surface area contributed by atoms with Gasteiger partial charge >= 0.3 is 0 Å². The summed E-state index contributed by atoms with van der Waals surface area (Å²) in [4.78, 5) is 21.6. The number of benzene rings is 2. The smallest absolute Gasteiger partial charge is 0.230 e. The summed E-state index contributed by atoms with van der Waals surface area (Å²) >= 11 is 1.56. The van der Waals surface area contributed by atoms with Crippen LogP contribution < -0.4 is 4.90 Å². The first kappa shape index (κ1) is 21.7. The number of likely N-dealkylation sites (tertiary alicyclic amines) is 1. The molecule has 1 aromatic heterocycles. The topological polar surface area (TPSA) is 36.4 Å². The van der Waals surface area contributed by atoms with Crippen molar-refractivity contribution in [2.45, 2.75) is 46.1 Å². The molecule has 4 nitrogen and oxygen atoms in total. The Morgan fingerprint density at radius 3 is 2.52 bits per heavy atom. The zero-order valence-electron chi connectivity index (χ0n) is 18.5. The average Bonchev–Trinajstić information content (AvgIpc) is 3.24. The van der Waals surface area contributed by atoms with Crippen LogP contribution in [-0.4, -0.2) is 28.9 Å². The van der Waals surface area contributed by atoms with Crippen molar-refractivity contribution < 1.29 is 4.79 Å². The number of hydrogen-bond donors (Lipinski definition) is 0. The number of nitrogens with zero attached hydrogens (tertiary/aromatic N) is 3. The number of carbonyl (C=O) groups excluding carboxylic acids is 1. The van der Waals surface area contributed by atoms with Crippen LogP contribution in [0.1, 0.15) is 43.5 Å². The highest BCUT2D eigenvalue weighted by molar-refractivity contribution is 7.14. The number of para-hydroxylation sites is 1. The Balaban J connectivity index is 1.38. The van der Waals surface area contributed by atoms with Gasteiger partial charge in [-0.2, -0.15) is 0 Å². The summed E-state index contributed by atoms with van der Waals surface area (Å²) < 4.78 is 0. The number of rotatable bonds is 7. The molecule has 3 aromatic rings. The Kier molecular flexibility index (Phi) is 7.15. The van der Waals surface area contributed by atoms with Crippen LogP contribution in [0.5, 0.6) is 0 Å². The second-order valence-electron chi connectivity index (χ2n) is 8.37. The Bertz CT molecular complexity index is 993. The van der Waals surface area contributed by atoms with Gasteiger partial charge in [0.05, 0.1) is 11.4 Å². The molecule has 0 N–H and O–H groups in total. The van der Waals surface area contributed by atoms with E-state index in [0.29, 0.717) is 0 Å². The Morgan fingerprint density at radius 2 is 1.81 bits per heavy atom. The van der Waals surface area contributed by atoms with Crippen LogP contribution in [0.3, 0.4) is 0 Å². The zero-order valence-corrected chi connectivity index (χ0v) is 19.3. The predicted octanol–water partition coefficient (Wildman–Crippen LogP) is 5.84. The summed E-state index contributed by atoms with van der Waals surface area (Å²) in [6.07, 6.45) is 4.53. The average molecular weight is 434 g/mol. The third kappa shape index (κ3) is 5.41. The third-order valence-corrected chi connectivity index (χ3v) is 6.99. The van der Waals surface area contributed by atoms with Gasteiger partial charge in [-0.3, -0.25) is 14.6 Å². The van der Waals surface area contributed by atoms with Crippen molar-refractivity contribution in [3.8, 4) is 0 Å². The summed E-state index contributed by atoms with van der Waals surface area (Å²) in [5, 5.41) is 2.87. The van der Waals surface area contributed by atoms with E-state index in [1.807, 2.05) is 18.2 Å². The van der Waals surface area contributed by atoms with Crippen LogP contribution in [-0.2, 0) is 24.2 Å². The first-order chi connectivity index (χ1) is 15.1. The summed E-state index contributed by atoms with van der Waals surface area (Å²) in [5.74, 6) is 0.770. The van der Waals surface area contributed by atoms with Crippen molar-refractivity contribution in [3.63, 3.8) is 0 Å². The van der Waals surface area contributed by atoms with E-state index in [1.165, 1.54) is 24.8 Å². The number of carbonyl (C=O) groups is 1. The minimum atomic E-state index is 0.00327. The molecular formula is C26H31N3OS. The summed E-state index contributed by atoms with van der Waals surface area (Å²) in [7, 11) is 0. The number of aromatic nitrogens is 1. The van der Waals surface area contributed by atoms with Gasteiger partial charge in [0.15, 0.2) is 5.13 Å². The predicted molar refractivity (Wildman–Crippen MR) is 129 cm³/mol. The molecule has 0 radical (unpaired) electrons. The summed E-state index contributed by atoms with van der Waals surface area (Å²) in [5.41, 5.74) is 4.61. The maximum atomic E-state index is 12.5. The quantitative estimate of drug-likeness (QED) is 0.469. The Labute approximate surface area is 189 Å². The fourth-order valence-corrected chi connectivity index (χ4v) is 5.30. The second kappa shape index (κ2) is 10.2. The maximum Gasteiger partial charge on any atom is 0.230 e. The number of piperidine rings is 1. The van der Waals surface area contributed by atoms with Crippen molar-refractivity contribution in [3.05, 3.63) is 76.8 Å². The van der Waals surface area contributed by atoms with Crippen molar-refractivity contribution >= 4 is 28.1 Å². The Hall–Kier alpha value is -2.50. The lowest BCUT2D eigenvalue weighted by Crippen LogP contribution is -2.34. The maximum absolute atomic E-state index is 12.5. The highest BCUT2D eigenvalue weighted by Crippen LogP contribution is 2.32. The fraction of sp³-hybridized carbons (Fsp3) is 0.385. The zero-order chi connectivity index (χ0) is 21.6. The van der Waals surface area contributed by atoms with Gasteiger partial charge < -0.3 is 0 Å². The van der Waals surface area contributed by atoms with E-state index in [4.69, 9.17) is 4.98 Å². The normalized spacial score (nSPS) is 15.2. The first-order valence-electron chi connectivity index (χ1n) is 11.2. The SMILES string of the molecule is CCc1ccccc1N(C(C)=O)c1nc(CN2CCC(Cc3ccccc3)CC2)cs1. The third-order valence-electron chi connectivity index (χ3n) is 6.12. The molecule has 1 saturated heterocycles. The number of aryl methyl sites for hydroxylation is 1. The molecule has 162 valence electrons. The minimum Gasteiger partial charge on any atom is -0.297 e. The van der Waals surface area contributed by atoms with Crippen molar-refractivity contribution in [1.29, 1.82) is 0 Å². The molecule has 1 aliphatic heterocycles. The molecule has 1 amide bonds. The fourth-order valence-electron chi connectivity index (χ4n) is 4.43. The Morgan fingerprint density at radius 1 is 1.10 bits per heavy atom. The molecule has 0 saturated carbocycles. The molecule has 0 aliphatic carbocycles. The lowest BCUT2D eigenvalue weighted by Gasteiger charge is -2.31. The molecule has 1 fully saturated rings. The van der Waals surface area contributed by atoms with Crippen LogP contribution >= 0.6 is 11.3 Å². The summed E-state index contributed by atoms with van der Waals surface area (Å²) in [6, 6.07) is 18.9. The molecule has 0 bridgehead atoms. The van der Waals surface area contributed by atoms with Crippen molar-refractivity contribution in [2.24, 2.45) is 5.92 Å². The lowest BCUT2D eigenvalue weighted by molar-refractivity contribution is -0.115. The highest BCUT2D eigenvalue weighted by Gasteiger charge is 2.23.